The molecular formula is C9H15N3O2. The van der Waals surface area contributed by atoms with Crippen molar-refractivity contribution in [2.75, 3.05) is 0 Å². The SMILES string of the molecule is CC(CCC(=O)O)N=NC(C)(C)C#N. The Hall–Kier alpha value is -1.44. The molecule has 0 spiro atoms. The number of rotatable bonds is 5. The van der Waals surface area contributed by atoms with Crippen LogP contribution in [0.1, 0.15) is 33.6 Å². The quantitative estimate of drug-likeness (QED) is 0.684. The Labute approximate surface area is 83.5 Å². The van der Waals surface area contributed by atoms with Gasteiger partial charge in [0.1, 0.15) is 0 Å². The Morgan fingerprint density at radius 3 is 2.64 bits per heavy atom. The zero-order valence-electron chi connectivity index (χ0n) is 8.69. The normalized spacial score (nSPS) is 13.9. The van der Waals surface area contributed by atoms with Gasteiger partial charge in [0.2, 0.25) is 0 Å². The van der Waals surface area contributed by atoms with Crippen LogP contribution < -0.4 is 0 Å². The first-order chi connectivity index (χ1) is 6.37. The number of azo groups is 1. The first-order valence-corrected chi connectivity index (χ1v) is 4.42. The molecule has 0 aliphatic rings. The summed E-state index contributed by atoms with van der Waals surface area (Å²) < 4.78 is 0. The van der Waals surface area contributed by atoms with E-state index in [0.29, 0.717) is 6.42 Å². The average molecular weight is 197 g/mol. The van der Waals surface area contributed by atoms with E-state index < -0.39 is 11.5 Å². The van der Waals surface area contributed by atoms with Gasteiger partial charge in [-0.1, -0.05) is 0 Å². The molecule has 0 saturated carbocycles. The lowest BCUT2D eigenvalue weighted by atomic mass is 10.1. The van der Waals surface area contributed by atoms with Crippen LogP contribution in [-0.4, -0.2) is 22.7 Å². The maximum absolute atomic E-state index is 10.2. The van der Waals surface area contributed by atoms with Crippen molar-refractivity contribution in [3.8, 4) is 6.07 Å². The number of aliphatic carboxylic acids is 1. The van der Waals surface area contributed by atoms with Crippen molar-refractivity contribution in [2.24, 2.45) is 10.2 Å². The Morgan fingerprint density at radius 1 is 1.64 bits per heavy atom. The minimum absolute atomic E-state index is 0.0766. The summed E-state index contributed by atoms with van der Waals surface area (Å²) in [6.07, 6.45) is 0.521. The van der Waals surface area contributed by atoms with Crippen LogP contribution in [0.25, 0.3) is 0 Å². The molecule has 0 fully saturated rings. The largest absolute Gasteiger partial charge is 0.481 e. The number of nitriles is 1. The standard InChI is InChI=1S/C9H15N3O2/c1-7(4-5-8(13)14)11-12-9(2,3)6-10/h7H,4-5H2,1-3H3,(H,13,14). The molecule has 0 rings (SSSR count). The number of carbonyl (C=O) groups is 1. The van der Waals surface area contributed by atoms with Gasteiger partial charge < -0.3 is 5.11 Å². The lowest BCUT2D eigenvalue weighted by molar-refractivity contribution is -0.137. The molecule has 5 nitrogen and oxygen atoms in total. The summed E-state index contributed by atoms with van der Waals surface area (Å²) in [5, 5.41) is 24.7. The highest BCUT2D eigenvalue weighted by Gasteiger charge is 2.15. The van der Waals surface area contributed by atoms with E-state index >= 15 is 0 Å². The highest BCUT2D eigenvalue weighted by molar-refractivity contribution is 5.66. The van der Waals surface area contributed by atoms with Crippen molar-refractivity contribution in [1.29, 1.82) is 5.26 Å². The van der Waals surface area contributed by atoms with Gasteiger partial charge in [-0.25, -0.2) is 0 Å². The van der Waals surface area contributed by atoms with Crippen molar-refractivity contribution in [3.63, 3.8) is 0 Å². The fraction of sp³-hybridized carbons (Fsp3) is 0.778. The van der Waals surface area contributed by atoms with Gasteiger partial charge in [-0.15, -0.1) is 0 Å². The van der Waals surface area contributed by atoms with E-state index in [4.69, 9.17) is 10.4 Å². The molecule has 5 heteroatoms. The van der Waals surface area contributed by atoms with Crippen molar-refractivity contribution >= 4 is 5.97 Å². The maximum atomic E-state index is 10.2. The van der Waals surface area contributed by atoms with Crippen LogP contribution in [0.4, 0.5) is 0 Å². The highest BCUT2D eigenvalue weighted by Crippen LogP contribution is 2.10. The minimum Gasteiger partial charge on any atom is -0.481 e. The van der Waals surface area contributed by atoms with Gasteiger partial charge >= 0.3 is 5.97 Å². The fourth-order valence-corrected chi connectivity index (χ4v) is 0.655. The maximum Gasteiger partial charge on any atom is 0.303 e. The number of hydrogen-bond acceptors (Lipinski definition) is 4. The molecular weight excluding hydrogens is 182 g/mol. The lowest BCUT2D eigenvalue weighted by Crippen LogP contribution is -2.13. The van der Waals surface area contributed by atoms with Gasteiger partial charge in [0.25, 0.3) is 0 Å². The number of carboxylic acids is 1. The van der Waals surface area contributed by atoms with Crippen molar-refractivity contribution in [1.82, 2.24) is 0 Å². The van der Waals surface area contributed by atoms with Gasteiger partial charge in [-0.2, -0.15) is 15.5 Å². The second-order valence-corrected chi connectivity index (χ2v) is 3.67. The summed E-state index contributed by atoms with van der Waals surface area (Å²) in [4.78, 5) is 10.2. The smallest absolute Gasteiger partial charge is 0.303 e. The zero-order chi connectivity index (χ0) is 11.2. The molecule has 0 radical (unpaired) electrons. The summed E-state index contributed by atoms with van der Waals surface area (Å²) in [5.74, 6) is -0.841. The Balaban J connectivity index is 4.00. The van der Waals surface area contributed by atoms with Crippen molar-refractivity contribution < 1.29 is 9.90 Å². The van der Waals surface area contributed by atoms with Crippen LogP contribution in [0, 0.1) is 11.3 Å². The first-order valence-electron chi connectivity index (χ1n) is 4.42. The fourth-order valence-electron chi connectivity index (χ4n) is 0.655. The number of hydrogen-bond donors (Lipinski definition) is 1. The Kier molecular flexibility index (Phi) is 4.78. The monoisotopic (exact) mass is 197 g/mol. The third kappa shape index (κ3) is 6.12. The molecule has 1 atom stereocenters. The van der Waals surface area contributed by atoms with Gasteiger partial charge in [0.05, 0.1) is 12.1 Å². The van der Waals surface area contributed by atoms with Gasteiger partial charge in [0, 0.05) is 6.42 Å². The van der Waals surface area contributed by atoms with Crippen LogP contribution in [0.3, 0.4) is 0 Å². The van der Waals surface area contributed by atoms with Crippen LogP contribution in [0.2, 0.25) is 0 Å². The van der Waals surface area contributed by atoms with Crippen LogP contribution in [-0.2, 0) is 4.79 Å². The van der Waals surface area contributed by atoms with E-state index in [1.54, 1.807) is 20.8 Å². The Bertz CT molecular complexity index is 266. The van der Waals surface area contributed by atoms with E-state index in [0.717, 1.165) is 0 Å². The second-order valence-electron chi connectivity index (χ2n) is 3.67. The van der Waals surface area contributed by atoms with E-state index in [9.17, 15) is 4.79 Å². The molecule has 0 amide bonds. The molecule has 0 aromatic rings. The number of carboxylic acid groups (broad SMARTS) is 1. The molecule has 0 aromatic carbocycles. The molecule has 0 aliphatic heterocycles. The number of nitrogens with zero attached hydrogens (tertiary/aromatic N) is 3. The van der Waals surface area contributed by atoms with Crippen LogP contribution >= 0.6 is 0 Å². The van der Waals surface area contributed by atoms with Gasteiger partial charge in [0.15, 0.2) is 5.54 Å². The topological polar surface area (TPSA) is 85.8 Å². The predicted molar refractivity (Wildman–Crippen MR) is 50.9 cm³/mol. The minimum atomic E-state index is -0.841. The molecule has 78 valence electrons. The van der Waals surface area contributed by atoms with Crippen LogP contribution in [0.5, 0.6) is 0 Å². The van der Waals surface area contributed by atoms with Crippen LogP contribution in [0.15, 0.2) is 10.2 Å². The van der Waals surface area contributed by atoms with E-state index in [2.05, 4.69) is 10.2 Å². The molecule has 0 aliphatic carbocycles. The molecule has 0 bridgehead atoms. The Morgan fingerprint density at radius 2 is 2.21 bits per heavy atom. The summed E-state index contributed by atoms with van der Waals surface area (Å²) in [5.41, 5.74) is -0.822. The molecule has 0 aromatic heterocycles. The summed E-state index contributed by atoms with van der Waals surface area (Å²) in [6.45, 7) is 5.08. The summed E-state index contributed by atoms with van der Waals surface area (Å²) in [7, 11) is 0. The third-order valence-electron chi connectivity index (χ3n) is 1.55. The summed E-state index contributed by atoms with van der Waals surface area (Å²) in [6, 6.07) is 1.83. The van der Waals surface area contributed by atoms with Crippen molar-refractivity contribution in [2.45, 2.75) is 45.2 Å². The van der Waals surface area contributed by atoms with Crippen molar-refractivity contribution in [3.05, 3.63) is 0 Å². The molecule has 0 heterocycles. The highest BCUT2D eigenvalue weighted by atomic mass is 16.4. The molecule has 14 heavy (non-hydrogen) atoms. The van der Waals surface area contributed by atoms with E-state index in [1.807, 2.05) is 6.07 Å². The predicted octanol–water partition coefficient (Wildman–Crippen LogP) is 1.99. The molecule has 1 unspecified atom stereocenters. The van der Waals surface area contributed by atoms with E-state index in [1.165, 1.54) is 0 Å². The molecule has 0 saturated heterocycles. The van der Waals surface area contributed by atoms with Gasteiger partial charge in [-0.3, -0.25) is 4.79 Å². The zero-order valence-corrected chi connectivity index (χ0v) is 8.69. The first kappa shape index (κ1) is 12.6. The lowest BCUT2D eigenvalue weighted by Gasteiger charge is -2.08. The van der Waals surface area contributed by atoms with Gasteiger partial charge in [-0.05, 0) is 27.2 Å². The van der Waals surface area contributed by atoms with E-state index in [-0.39, 0.29) is 12.5 Å². The summed E-state index contributed by atoms with van der Waals surface area (Å²) >= 11 is 0. The average Bonchev–Trinajstić information content (AvgIpc) is 2.11. The molecule has 1 N–H and O–H groups in total. The third-order valence-corrected chi connectivity index (χ3v) is 1.55. The second kappa shape index (κ2) is 5.32.